The SMILES string of the molecule is O=CNc1ccc(Oc2ccnc(NC(=O)N3CC4CCCC4C3)c2)c(F)c1. The number of fused-ring (bicyclic) bond motifs is 1. The number of rotatable bonds is 5. The number of nitrogens with one attached hydrogen (secondary N) is 2. The number of amides is 3. The summed E-state index contributed by atoms with van der Waals surface area (Å²) in [6.45, 7) is 1.58. The molecule has 2 atom stereocenters. The van der Waals surface area contributed by atoms with Gasteiger partial charge in [-0.15, -0.1) is 0 Å². The van der Waals surface area contributed by atoms with Crippen LogP contribution in [-0.4, -0.2) is 35.4 Å². The van der Waals surface area contributed by atoms with Crippen LogP contribution in [0.4, 0.5) is 20.7 Å². The summed E-state index contributed by atoms with van der Waals surface area (Å²) in [5, 5.41) is 5.17. The lowest BCUT2D eigenvalue weighted by atomic mass is 10.0. The Bertz CT molecular complexity index is 880. The highest BCUT2D eigenvalue weighted by atomic mass is 19.1. The summed E-state index contributed by atoms with van der Waals surface area (Å²) in [7, 11) is 0. The Hall–Kier alpha value is -3.16. The van der Waals surface area contributed by atoms with Gasteiger partial charge in [-0.05, 0) is 42.9 Å². The van der Waals surface area contributed by atoms with Crippen LogP contribution in [0, 0.1) is 17.7 Å². The summed E-state index contributed by atoms with van der Waals surface area (Å²) >= 11 is 0. The minimum atomic E-state index is -0.613. The van der Waals surface area contributed by atoms with Gasteiger partial charge in [0, 0.05) is 37.1 Å². The third-order valence-electron chi connectivity index (χ3n) is 5.37. The van der Waals surface area contributed by atoms with Crippen LogP contribution in [0.3, 0.4) is 0 Å². The number of carbonyl (C=O) groups is 2. The molecule has 2 aliphatic rings. The number of ether oxygens (including phenoxy) is 1. The molecule has 3 amide bonds. The molecule has 1 aromatic heterocycles. The molecule has 1 aliphatic heterocycles. The van der Waals surface area contributed by atoms with Gasteiger partial charge in [-0.2, -0.15) is 0 Å². The van der Waals surface area contributed by atoms with Crippen LogP contribution in [-0.2, 0) is 4.79 Å². The topological polar surface area (TPSA) is 83.6 Å². The van der Waals surface area contributed by atoms with E-state index < -0.39 is 5.82 Å². The Balaban J connectivity index is 1.40. The van der Waals surface area contributed by atoms with Crippen LogP contribution < -0.4 is 15.4 Å². The molecule has 1 aromatic carbocycles. The van der Waals surface area contributed by atoms with E-state index in [0.717, 1.165) is 19.2 Å². The molecular formula is C20H21FN4O3. The number of anilines is 2. The maximum atomic E-state index is 14.1. The molecule has 1 saturated heterocycles. The molecule has 2 unspecified atom stereocenters. The van der Waals surface area contributed by atoms with Crippen molar-refractivity contribution in [2.24, 2.45) is 11.8 Å². The second-order valence-corrected chi connectivity index (χ2v) is 7.17. The fraction of sp³-hybridized carbons (Fsp3) is 0.350. The van der Waals surface area contributed by atoms with Gasteiger partial charge in [0.1, 0.15) is 11.6 Å². The Morgan fingerprint density at radius 3 is 2.71 bits per heavy atom. The van der Waals surface area contributed by atoms with Gasteiger partial charge in [0.25, 0.3) is 0 Å². The Morgan fingerprint density at radius 1 is 1.21 bits per heavy atom. The molecule has 4 rings (SSSR count). The summed E-state index contributed by atoms with van der Waals surface area (Å²) in [6.07, 6.45) is 5.62. The number of pyridine rings is 1. The van der Waals surface area contributed by atoms with Crippen molar-refractivity contribution in [3.8, 4) is 11.5 Å². The van der Waals surface area contributed by atoms with E-state index in [9.17, 15) is 14.0 Å². The molecule has 146 valence electrons. The van der Waals surface area contributed by atoms with Crippen molar-refractivity contribution in [3.63, 3.8) is 0 Å². The van der Waals surface area contributed by atoms with E-state index in [1.807, 2.05) is 4.90 Å². The van der Waals surface area contributed by atoms with Crippen molar-refractivity contribution in [1.82, 2.24) is 9.88 Å². The number of halogens is 1. The molecule has 2 N–H and O–H groups in total. The zero-order valence-corrected chi connectivity index (χ0v) is 15.2. The van der Waals surface area contributed by atoms with E-state index in [4.69, 9.17) is 4.74 Å². The van der Waals surface area contributed by atoms with Crippen molar-refractivity contribution in [3.05, 3.63) is 42.3 Å². The molecular weight excluding hydrogens is 363 g/mol. The summed E-state index contributed by atoms with van der Waals surface area (Å²) in [4.78, 5) is 28.9. The number of hydrogen-bond donors (Lipinski definition) is 2. The van der Waals surface area contributed by atoms with E-state index in [1.54, 1.807) is 12.1 Å². The first-order valence-corrected chi connectivity index (χ1v) is 9.32. The second kappa shape index (κ2) is 7.84. The lowest BCUT2D eigenvalue weighted by molar-refractivity contribution is -0.105. The van der Waals surface area contributed by atoms with E-state index in [1.165, 1.54) is 37.6 Å². The molecule has 0 bridgehead atoms. The molecule has 7 nitrogen and oxygen atoms in total. The van der Waals surface area contributed by atoms with Crippen LogP contribution in [0.15, 0.2) is 36.5 Å². The smallest absolute Gasteiger partial charge is 0.323 e. The van der Waals surface area contributed by atoms with Gasteiger partial charge in [0.2, 0.25) is 6.41 Å². The summed E-state index contributed by atoms with van der Waals surface area (Å²) < 4.78 is 19.7. The molecule has 2 heterocycles. The zero-order chi connectivity index (χ0) is 19.5. The lowest BCUT2D eigenvalue weighted by Crippen LogP contribution is -2.33. The molecule has 8 heteroatoms. The third-order valence-corrected chi connectivity index (χ3v) is 5.37. The summed E-state index contributed by atoms with van der Waals surface area (Å²) in [5.74, 6) is 1.32. The molecule has 2 aromatic rings. The predicted octanol–water partition coefficient (Wildman–Crippen LogP) is 3.85. The monoisotopic (exact) mass is 384 g/mol. The van der Waals surface area contributed by atoms with Gasteiger partial charge >= 0.3 is 6.03 Å². The van der Waals surface area contributed by atoms with Crippen molar-refractivity contribution >= 4 is 23.9 Å². The predicted molar refractivity (Wildman–Crippen MR) is 102 cm³/mol. The number of nitrogens with zero attached hydrogens (tertiary/aromatic N) is 2. The minimum absolute atomic E-state index is 0.00675. The quantitative estimate of drug-likeness (QED) is 0.767. The average molecular weight is 384 g/mol. The van der Waals surface area contributed by atoms with Crippen LogP contribution in [0.1, 0.15) is 19.3 Å². The number of aromatic nitrogens is 1. The van der Waals surface area contributed by atoms with E-state index in [-0.39, 0.29) is 11.8 Å². The molecule has 0 spiro atoms. The summed E-state index contributed by atoms with van der Waals surface area (Å²) in [5.41, 5.74) is 0.331. The zero-order valence-electron chi connectivity index (χ0n) is 15.2. The Labute approximate surface area is 161 Å². The van der Waals surface area contributed by atoms with Crippen molar-refractivity contribution in [2.75, 3.05) is 23.7 Å². The van der Waals surface area contributed by atoms with E-state index >= 15 is 0 Å². The highest BCUT2D eigenvalue weighted by molar-refractivity contribution is 5.88. The maximum absolute atomic E-state index is 14.1. The number of carbonyl (C=O) groups excluding carboxylic acids is 2. The van der Waals surface area contributed by atoms with Gasteiger partial charge in [-0.1, -0.05) is 6.42 Å². The Kier molecular flexibility index (Phi) is 5.10. The van der Waals surface area contributed by atoms with Gasteiger partial charge in [-0.3, -0.25) is 10.1 Å². The highest BCUT2D eigenvalue weighted by Crippen LogP contribution is 2.37. The van der Waals surface area contributed by atoms with Gasteiger partial charge < -0.3 is 15.0 Å². The number of hydrogen-bond acceptors (Lipinski definition) is 4. The fourth-order valence-corrected chi connectivity index (χ4v) is 4.00. The molecule has 0 radical (unpaired) electrons. The minimum Gasteiger partial charge on any atom is -0.454 e. The van der Waals surface area contributed by atoms with Crippen molar-refractivity contribution < 1.29 is 18.7 Å². The highest BCUT2D eigenvalue weighted by Gasteiger charge is 2.38. The Morgan fingerprint density at radius 2 is 2.00 bits per heavy atom. The summed E-state index contributed by atoms with van der Waals surface area (Å²) in [6, 6.07) is 7.06. The molecule has 1 aliphatic carbocycles. The largest absolute Gasteiger partial charge is 0.454 e. The average Bonchev–Trinajstić information content (AvgIpc) is 3.27. The van der Waals surface area contributed by atoms with E-state index in [0.29, 0.717) is 35.5 Å². The third kappa shape index (κ3) is 3.90. The van der Waals surface area contributed by atoms with Crippen LogP contribution in [0.25, 0.3) is 0 Å². The molecule has 28 heavy (non-hydrogen) atoms. The van der Waals surface area contributed by atoms with Gasteiger partial charge in [-0.25, -0.2) is 14.2 Å². The maximum Gasteiger partial charge on any atom is 0.323 e. The van der Waals surface area contributed by atoms with Crippen molar-refractivity contribution in [1.29, 1.82) is 0 Å². The van der Waals surface area contributed by atoms with Crippen molar-refractivity contribution in [2.45, 2.75) is 19.3 Å². The first kappa shape index (κ1) is 18.2. The number of urea groups is 1. The second-order valence-electron chi connectivity index (χ2n) is 7.17. The first-order chi connectivity index (χ1) is 13.6. The fourth-order valence-electron chi connectivity index (χ4n) is 4.00. The van der Waals surface area contributed by atoms with Crippen LogP contribution >= 0.6 is 0 Å². The normalized spacial score (nSPS) is 20.5. The lowest BCUT2D eigenvalue weighted by Gasteiger charge is -2.18. The standard InChI is InChI=1S/C20H21FN4O3/c21-17-8-15(23-12-26)4-5-18(17)28-16-6-7-22-19(9-16)24-20(27)25-10-13-2-1-3-14(13)11-25/h4-9,12-14H,1-3,10-11H2,(H,23,26)(H,22,24,27). The number of likely N-dealkylation sites (tertiary alicyclic amines) is 1. The van der Waals surface area contributed by atoms with E-state index in [2.05, 4.69) is 15.6 Å². The molecule has 2 fully saturated rings. The first-order valence-electron chi connectivity index (χ1n) is 9.32. The molecule has 1 saturated carbocycles. The van der Waals surface area contributed by atoms with Crippen LogP contribution in [0.5, 0.6) is 11.5 Å². The number of benzene rings is 1. The van der Waals surface area contributed by atoms with Gasteiger partial charge in [0.05, 0.1) is 0 Å². The van der Waals surface area contributed by atoms with Crippen LogP contribution in [0.2, 0.25) is 0 Å². The van der Waals surface area contributed by atoms with Gasteiger partial charge in [0.15, 0.2) is 11.6 Å².